The van der Waals surface area contributed by atoms with E-state index >= 15 is 0 Å². The minimum absolute atomic E-state index is 0.167. The quantitative estimate of drug-likeness (QED) is 0.739. The molecule has 26 heavy (non-hydrogen) atoms. The molecular formula is C19H20N4O3. The first-order chi connectivity index (χ1) is 12.6. The van der Waals surface area contributed by atoms with Crippen molar-refractivity contribution in [1.29, 1.82) is 0 Å². The van der Waals surface area contributed by atoms with Crippen LogP contribution >= 0.6 is 0 Å². The van der Waals surface area contributed by atoms with Crippen LogP contribution in [0.3, 0.4) is 0 Å². The van der Waals surface area contributed by atoms with Crippen LogP contribution in [0.4, 0.5) is 10.5 Å². The van der Waals surface area contributed by atoms with Gasteiger partial charge in [0.15, 0.2) is 0 Å². The average molecular weight is 352 g/mol. The molecule has 1 heterocycles. The summed E-state index contributed by atoms with van der Waals surface area (Å²) in [5.41, 5.74) is 1.04. The molecule has 0 saturated heterocycles. The Morgan fingerprint density at radius 1 is 1.12 bits per heavy atom. The molecule has 0 spiro atoms. The van der Waals surface area contributed by atoms with Gasteiger partial charge in [-0.3, -0.25) is 4.79 Å². The van der Waals surface area contributed by atoms with Gasteiger partial charge in [0, 0.05) is 12.4 Å². The monoisotopic (exact) mass is 352 g/mol. The van der Waals surface area contributed by atoms with Crippen molar-refractivity contribution in [2.75, 3.05) is 11.9 Å². The van der Waals surface area contributed by atoms with E-state index in [-0.39, 0.29) is 18.1 Å². The van der Waals surface area contributed by atoms with E-state index in [1.165, 1.54) is 4.68 Å². The van der Waals surface area contributed by atoms with Gasteiger partial charge in [0.2, 0.25) is 0 Å². The maximum Gasteiger partial charge on any atom is 0.319 e. The third kappa shape index (κ3) is 3.66. The largest absolute Gasteiger partial charge is 0.492 e. The number of rotatable bonds is 5. The molecule has 3 aromatic rings. The van der Waals surface area contributed by atoms with Crippen LogP contribution in [0.25, 0.3) is 10.8 Å². The van der Waals surface area contributed by atoms with Crippen LogP contribution in [0.5, 0.6) is 5.75 Å². The van der Waals surface area contributed by atoms with Gasteiger partial charge >= 0.3 is 6.03 Å². The van der Waals surface area contributed by atoms with Crippen LogP contribution in [0.1, 0.15) is 12.6 Å². The molecule has 0 fully saturated rings. The average Bonchev–Trinajstić information content (AvgIpc) is 2.65. The summed E-state index contributed by atoms with van der Waals surface area (Å²) in [7, 11) is 1.59. The standard InChI is InChI=1S/C19H20N4O3/c1-3-26-17-11-7-6-10-15(17)21-19(25)20-12-16-13-8-4-5-9-14(13)18(24)23(2)22-16/h4-11H,3,12H2,1-2H3,(H2,20,21,25). The zero-order valence-corrected chi connectivity index (χ0v) is 14.7. The van der Waals surface area contributed by atoms with E-state index in [0.717, 1.165) is 5.39 Å². The lowest BCUT2D eigenvalue weighted by molar-refractivity contribution is 0.251. The molecule has 0 bridgehead atoms. The number of urea groups is 1. The highest BCUT2D eigenvalue weighted by Crippen LogP contribution is 2.23. The molecule has 7 nitrogen and oxygen atoms in total. The van der Waals surface area contributed by atoms with E-state index in [1.54, 1.807) is 31.3 Å². The Kier molecular flexibility index (Phi) is 5.17. The highest BCUT2D eigenvalue weighted by molar-refractivity contribution is 5.91. The number of aryl methyl sites for hydroxylation is 1. The van der Waals surface area contributed by atoms with Crippen LogP contribution < -0.4 is 20.9 Å². The molecule has 3 rings (SSSR count). The second-order valence-corrected chi connectivity index (χ2v) is 5.66. The first-order valence-electron chi connectivity index (χ1n) is 8.31. The molecule has 134 valence electrons. The van der Waals surface area contributed by atoms with Crippen molar-refractivity contribution in [3.05, 3.63) is 64.6 Å². The van der Waals surface area contributed by atoms with Crippen molar-refractivity contribution in [2.24, 2.45) is 7.05 Å². The molecule has 2 N–H and O–H groups in total. The Morgan fingerprint density at radius 3 is 2.58 bits per heavy atom. The van der Waals surface area contributed by atoms with Gasteiger partial charge in [-0.25, -0.2) is 9.48 Å². The smallest absolute Gasteiger partial charge is 0.319 e. The number of carbonyl (C=O) groups is 1. The first kappa shape index (κ1) is 17.5. The number of fused-ring (bicyclic) bond motifs is 1. The Labute approximate surface area is 150 Å². The number of nitrogens with zero attached hydrogens (tertiary/aromatic N) is 2. The molecule has 0 saturated carbocycles. The van der Waals surface area contributed by atoms with Gasteiger partial charge in [-0.15, -0.1) is 0 Å². The fourth-order valence-corrected chi connectivity index (χ4v) is 2.69. The summed E-state index contributed by atoms with van der Waals surface area (Å²) in [6.45, 7) is 2.58. The molecule has 0 atom stereocenters. The summed E-state index contributed by atoms with van der Waals surface area (Å²) >= 11 is 0. The summed E-state index contributed by atoms with van der Waals surface area (Å²) in [6, 6.07) is 14.1. The third-order valence-corrected chi connectivity index (χ3v) is 3.88. The van der Waals surface area contributed by atoms with Crippen LogP contribution in [0.2, 0.25) is 0 Å². The summed E-state index contributed by atoms with van der Waals surface area (Å²) in [5, 5.41) is 11.1. The number of nitrogens with one attached hydrogen (secondary N) is 2. The van der Waals surface area contributed by atoms with Crippen molar-refractivity contribution in [3.8, 4) is 5.75 Å². The SMILES string of the molecule is CCOc1ccccc1NC(=O)NCc1nn(C)c(=O)c2ccccc12. The van der Waals surface area contributed by atoms with E-state index in [4.69, 9.17) is 4.74 Å². The first-order valence-corrected chi connectivity index (χ1v) is 8.31. The van der Waals surface area contributed by atoms with Crippen molar-refractivity contribution in [2.45, 2.75) is 13.5 Å². The van der Waals surface area contributed by atoms with Gasteiger partial charge in [-0.1, -0.05) is 30.3 Å². The number of carbonyl (C=O) groups excluding carboxylic acids is 1. The van der Waals surface area contributed by atoms with E-state index in [9.17, 15) is 9.59 Å². The Morgan fingerprint density at radius 2 is 1.81 bits per heavy atom. The van der Waals surface area contributed by atoms with Crippen LogP contribution in [-0.4, -0.2) is 22.4 Å². The predicted molar refractivity (Wildman–Crippen MR) is 100 cm³/mol. The number of anilines is 1. The van der Waals surface area contributed by atoms with E-state index in [2.05, 4.69) is 15.7 Å². The van der Waals surface area contributed by atoms with Gasteiger partial charge in [0.25, 0.3) is 5.56 Å². The van der Waals surface area contributed by atoms with E-state index in [0.29, 0.717) is 29.1 Å². The molecule has 0 unspecified atom stereocenters. The number of ether oxygens (including phenoxy) is 1. The van der Waals surface area contributed by atoms with Crippen molar-refractivity contribution < 1.29 is 9.53 Å². The summed E-state index contributed by atoms with van der Waals surface area (Å²) in [5.74, 6) is 0.607. The zero-order valence-electron chi connectivity index (χ0n) is 14.7. The molecule has 7 heteroatoms. The number of hydrogen-bond donors (Lipinski definition) is 2. The van der Waals surface area contributed by atoms with Crippen molar-refractivity contribution in [1.82, 2.24) is 15.1 Å². The fourth-order valence-electron chi connectivity index (χ4n) is 2.69. The molecule has 2 amide bonds. The number of hydrogen-bond acceptors (Lipinski definition) is 4. The zero-order chi connectivity index (χ0) is 18.5. The maximum atomic E-state index is 12.3. The lowest BCUT2D eigenvalue weighted by atomic mass is 10.1. The number of amides is 2. The lowest BCUT2D eigenvalue weighted by Crippen LogP contribution is -2.30. The Bertz CT molecular complexity index is 997. The van der Waals surface area contributed by atoms with E-state index in [1.807, 2.05) is 31.2 Å². The second-order valence-electron chi connectivity index (χ2n) is 5.66. The summed E-state index contributed by atoms with van der Waals surface area (Å²) in [6.07, 6.45) is 0. The van der Waals surface area contributed by atoms with Gasteiger partial charge in [-0.05, 0) is 25.1 Å². The molecule has 0 radical (unpaired) electrons. The minimum atomic E-state index is -0.378. The molecule has 0 aliphatic heterocycles. The number of benzene rings is 2. The highest BCUT2D eigenvalue weighted by atomic mass is 16.5. The fraction of sp³-hybridized carbons (Fsp3) is 0.211. The number of aromatic nitrogens is 2. The van der Waals surface area contributed by atoms with E-state index < -0.39 is 0 Å². The van der Waals surface area contributed by atoms with Gasteiger partial charge in [0.05, 0.1) is 29.9 Å². The second kappa shape index (κ2) is 7.69. The van der Waals surface area contributed by atoms with Gasteiger partial charge in [0.1, 0.15) is 5.75 Å². The summed E-state index contributed by atoms with van der Waals surface area (Å²) in [4.78, 5) is 24.4. The minimum Gasteiger partial charge on any atom is -0.492 e. The number of para-hydroxylation sites is 2. The molecule has 0 aliphatic rings. The summed E-state index contributed by atoms with van der Waals surface area (Å²) < 4.78 is 6.77. The Balaban J connectivity index is 1.76. The lowest BCUT2D eigenvalue weighted by Gasteiger charge is -2.13. The van der Waals surface area contributed by atoms with Crippen LogP contribution in [0, 0.1) is 0 Å². The van der Waals surface area contributed by atoms with Crippen LogP contribution in [-0.2, 0) is 13.6 Å². The van der Waals surface area contributed by atoms with Gasteiger partial charge < -0.3 is 15.4 Å². The molecule has 0 aliphatic carbocycles. The molecule has 1 aromatic heterocycles. The third-order valence-electron chi connectivity index (χ3n) is 3.88. The molecular weight excluding hydrogens is 332 g/mol. The normalized spacial score (nSPS) is 10.5. The van der Waals surface area contributed by atoms with Crippen molar-refractivity contribution >= 4 is 22.5 Å². The van der Waals surface area contributed by atoms with Crippen LogP contribution in [0.15, 0.2) is 53.3 Å². The van der Waals surface area contributed by atoms with Gasteiger partial charge in [-0.2, -0.15) is 5.10 Å². The van der Waals surface area contributed by atoms with Crippen molar-refractivity contribution in [3.63, 3.8) is 0 Å². The maximum absolute atomic E-state index is 12.3. The Hall–Kier alpha value is -3.35. The topological polar surface area (TPSA) is 85.2 Å². The molecule has 2 aromatic carbocycles. The highest BCUT2D eigenvalue weighted by Gasteiger charge is 2.11. The predicted octanol–water partition coefficient (Wildman–Crippen LogP) is 2.65.